The fraction of sp³-hybridized carbons (Fsp3) is 0.577. The minimum absolute atomic E-state index is 0.0474. The molecule has 12 heteroatoms. The van der Waals surface area contributed by atoms with E-state index in [9.17, 15) is 4.79 Å². The molecule has 3 aromatic heterocycles. The number of methoxy groups -OCH3 is 1. The van der Waals surface area contributed by atoms with Gasteiger partial charge in [-0.15, -0.1) is 0 Å². The highest BCUT2D eigenvalue weighted by molar-refractivity contribution is 5.81. The molecule has 0 aromatic carbocycles. The molecule has 0 saturated carbocycles. The van der Waals surface area contributed by atoms with Gasteiger partial charge in [-0.3, -0.25) is 4.68 Å². The highest BCUT2D eigenvalue weighted by Crippen LogP contribution is 2.27. The first-order valence-corrected chi connectivity index (χ1v) is 13.5. The Bertz CT molecular complexity index is 1240. The Morgan fingerprint density at radius 1 is 0.974 bits per heavy atom. The predicted octanol–water partition coefficient (Wildman–Crippen LogP) is 3.01. The number of anilines is 4. The molecule has 204 valence electrons. The van der Waals surface area contributed by atoms with E-state index < -0.39 is 0 Å². The fourth-order valence-electron chi connectivity index (χ4n) is 5.00. The number of rotatable bonds is 8. The van der Waals surface area contributed by atoms with Crippen LogP contribution in [-0.2, 0) is 4.74 Å². The van der Waals surface area contributed by atoms with Gasteiger partial charge in [0.05, 0.1) is 18.3 Å². The van der Waals surface area contributed by atoms with Crippen LogP contribution in [0.25, 0.3) is 10.9 Å². The van der Waals surface area contributed by atoms with Gasteiger partial charge in [0.25, 0.3) is 0 Å². The lowest BCUT2D eigenvalue weighted by atomic mass is 10.3. The average Bonchev–Trinajstić information content (AvgIpc) is 3.53. The number of nitrogens with zero attached hydrogens (tertiary/aromatic N) is 8. The van der Waals surface area contributed by atoms with Gasteiger partial charge < -0.3 is 30.1 Å². The normalized spacial score (nSPS) is 16.4. The van der Waals surface area contributed by atoms with Crippen LogP contribution >= 0.6 is 0 Å². The van der Waals surface area contributed by atoms with Crippen LogP contribution in [0.5, 0.6) is 0 Å². The summed E-state index contributed by atoms with van der Waals surface area (Å²) in [4.78, 5) is 33.4. The van der Waals surface area contributed by atoms with Crippen molar-refractivity contribution in [2.75, 3.05) is 74.6 Å². The van der Waals surface area contributed by atoms with Gasteiger partial charge in [0.15, 0.2) is 0 Å². The lowest BCUT2D eigenvalue weighted by molar-refractivity contribution is 0.181. The van der Waals surface area contributed by atoms with Crippen LogP contribution in [0.4, 0.5) is 28.2 Å². The lowest BCUT2D eigenvalue weighted by Crippen LogP contribution is -2.43. The lowest BCUT2D eigenvalue weighted by Gasteiger charge is -2.25. The Morgan fingerprint density at radius 2 is 1.71 bits per heavy atom. The molecule has 5 heterocycles. The molecule has 2 N–H and O–H groups in total. The van der Waals surface area contributed by atoms with Gasteiger partial charge >= 0.3 is 6.03 Å². The largest absolute Gasteiger partial charge is 0.383 e. The summed E-state index contributed by atoms with van der Waals surface area (Å²) < 4.78 is 7.03. The number of pyridine rings is 1. The molecular weight excluding hydrogens is 484 g/mol. The van der Waals surface area contributed by atoms with E-state index in [-0.39, 0.29) is 12.1 Å². The third-order valence-electron chi connectivity index (χ3n) is 7.03. The monoisotopic (exact) mass is 522 g/mol. The Balaban J connectivity index is 1.37. The molecule has 0 unspecified atom stereocenters. The summed E-state index contributed by atoms with van der Waals surface area (Å²) in [6, 6.07) is 4.28. The molecule has 5 rings (SSSR count). The fourth-order valence-corrected chi connectivity index (χ4v) is 5.00. The van der Waals surface area contributed by atoms with Gasteiger partial charge in [0.1, 0.15) is 17.5 Å². The zero-order chi connectivity index (χ0) is 26.5. The Hall–Kier alpha value is -3.67. The van der Waals surface area contributed by atoms with Crippen molar-refractivity contribution in [3.63, 3.8) is 0 Å². The molecule has 0 bridgehead atoms. The van der Waals surface area contributed by atoms with Gasteiger partial charge in [-0.25, -0.2) is 9.78 Å². The molecule has 12 nitrogen and oxygen atoms in total. The van der Waals surface area contributed by atoms with E-state index in [1.807, 2.05) is 28.0 Å². The second-order valence-electron chi connectivity index (χ2n) is 10.1. The molecule has 2 saturated heterocycles. The molecule has 2 aliphatic rings. The number of hydrogen-bond donors (Lipinski definition) is 2. The number of hydrogen-bond acceptors (Lipinski definition) is 9. The van der Waals surface area contributed by atoms with Gasteiger partial charge in [0.2, 0.25) is 5.95 Å². The van der Waals surface area contributed by atoms with Crippen molar-refractivity contribution in [2.24, 2.45) is 0 Å². The summed E-state index contributed by atoms with van der Waals surface area (Å²) in [7, 11) is 1.63. The SMILES string of the molecule is COCCNC(=O)N1CCCN(c2cc(N3CCCC3)nc(Nc3cc4c(cn3)cnn4C(C)C)n2)CC1. The molecule has 2 amide bonds. The minimum atomic E-state index is -0.0474. The first-order valence-electron chi connectivity index (χ1n) is 13.5. The molecule has 0 aliphatic carbocycles. The summed E-state index contributed by atoms with van der Waals surface area (Å²) in [6.45, 7) is 10.1. The average molecular weight is 523 g/mol. The van der Waals surface area contributed by atoms with Crippen LogP contribution in [-0.4, -0.2) is 95.2 Å². The van der Waals surface area contributed by atoms with Crippen LogP contribution < -0.4 is 20.4 Å². The number of carbonyl (C=O) groups excluding carboxylic acids is 1. The number of aromatic nitrogens is 5. The second-order valence-corrected chi connectivity index (χ2v) is 10.1. The Labute approximate surface area is 223 Å². The molecule has 0 spiro atoms. The van der Waals surface area contributed by atoms with Crippen molar-refractivity contribution in [3.05, 3.63) is 24.5 Å². The van der Waals surface area contributed by atoms with Crippen molar-refractivity contribution in [1.29, 1.82) is 0 Å². The minimum Gasteiger partial charge on any atom is -0.383 e. The molecule has 0 radical (unpaired) electrons. The molecule has 38 heavy (non-hydrogen) atoms. The second kappa shape index (κ2) is 11.8. The first kappa shape index (κ1) is 26.0. The highest BCUT2D eigenvalue weighted by atomic mass is 16.5. The molecule has 2 aliphatic heterocycles. The number of amides is 2. The van der Waals surface area contributed by atoms with E-state index in [2.05, 4.69) is 50.4 Å². The number of urea groups is 1. The van der Waals surface area contributed by atoms with Crippen LogP contribution in [0, 0.1) is 0 Å². The van der Waals surface area contributed by atoms with E-state index in [0.29, 0.717) is 44.6 Å². The predicted molar refractivity (Wildman–Crippen MR) is 148 cm³/mol. The van der Waals surface area contributed by atoms with Crippen molar-refractivity contribution in [1.82, 2.24) is 34.9 Å². The number of fused-ring (bicyclic) bond motifs is 1. The Kier molecular flexibility index (Phi) is 8.06. The Morgan fingerprint density at radius 3 is 2.45 bits per heavy atom. The number of ether oxygens (including phenoxy) is 1. The zero-order valence-electron chi connectivity index (χ0n) is 22.6. The molecule has 2 fully saturated rings. The van der Waals surface area contributed by atoms with Gasteiger partial charge in [0, 0.05) is 82.7 Å². The van der Waals surface area contributed by atoms with Gasteiger partial charge in [-0.05, 0) is 33.1 Å². The summed E-state index contributed by atoms with van der Waals surface area (Å²) in [5, 5.41) is 11.8. The summed E-state index contributed by atoms with van der Waals surface area (Å²) in [5.41, 5.74) is 1.02. The van der Waals surface area contributed by atoms with Crippen molar-refractivity contribution >= 4 is 40.3 Å². The molecule has 0 atom stereocenters. The first-order chi connectivity index (χ1) is 18.5. The third-order valence-corrected chi connectivity index (χ3v) is 7.03. The summed E-state index contributed by atoms with van der Waals surface area (Å²) in [6.07, 6.45) is 6.86. The summed E-state index contributed by atoms with van der Waals surface area (Å²) in [5.74, 6) is 2.98. The maximum Gasteiger partial charge on any atom is 0.317 e. The maximum atomic E-state index is 12.6. The number of carbonyl (C=O) groups is 1. The maximum absolute atomic E-state index is 12.6. The van der Waals surface area contributed by atoms with E-state index >= 15 is 0 Å². The van der Waals surface area contributed by atoms with E-state index in [1.54, 1.807) is 7.11 Å². The smallest absolute Gasteiger partial charge is 0.317 e. The highest BCUT2D eigenvalue weighted by Gasteiger charge is 2.23. The van der Waals surface area contributed by atoms with Crippen LogP contribution in [0.1, 0.15) is 39.2 Å². The van der Waals surface area contributed by atoms with Crippen molar-refractivity contribution in [3.8, 4) is 0 Å². The van der Waals surface area contributed by atoms with Crippen LogP contribution in [0.3, 0.4) is 0 Å². The quantitative estimate of drug-likeness (QED) is 0.431. The van der Waals surface area contributed by atoms with Gasteiger partial charge in [-0.2, -0.15) is 15.1 Å². The van der Waals surface area contributed by atoms with E-state index in [1.165, 1.54) is 0 Å². The van der Waals surface area contributed by atoms with E-state index in [4.69, 9.17) is 14.7 Å². The summed E-state index contributed by atoms with van der Waals surface area (Å²) >= 11 is 0. The van der Waals surface area contributed by atoms with Crippen LogP contribution in [0.2, 0.25) is 0 Å². The topological polar surface area (TPSA) is 117 Å². The third kappa shape index (κ3) is 5.90. The molecule has 3 aromatic rings. The van der Waals surface area contributed by atoms with Gasteiger partial charge in [-0.1, -0.05) is 0 Å². The van der Waals surface area contributed by atoms with Crippen LogP contribution in [0.15, 0.2) is 24.5 Å². The molecular formula is C26H38N10O2. The van der Waals surface area contributed by atoms with E-state index in [0.717, 1.165) is 61.4 Å². The number of nitrogens with one attached hydrogen (secondary N) is 2. The zero-order valence-corrected chi connectivity index (χ0v) is 22.6. The van der Waals surface area contributed by atoms with Crippen molar-refractivity contribution in [2.45, 2.75) is 39.2 Å². The standard InChI is InChI=1S/C26H38N10O2/c1-19(2)36-21-15-22(28-17-20(21)18-29-36)30-25-31-23(33-8-4-5-9-33)16-24(32-25)34-10-6-11-35(13-12-34)26(37)27-7-14-38-3/h15-19H,4-14H2,1-3H3,(H,27,37)(H,28,30,31,32). The van der Waals surface area contributed by atoms with Crippen molar-refractivity contribution < 1.29 is 9.53 Å².